The highest BCUT2D eigenvalue weighted by molar-refractivity contribution is 8.00. The van der Waals surface area contributed by atoms with Crippen LogP contribution in [0.3, 0.4) is 0 Å². The fourth-order valence-electron chi connectivity index (χ4n) is 2.74. The van der Waals surface area contributed by atoms with Gasteiger partial charge in [0.25, 0.3) is 5.91 Å². The Bertz CT molecular complexity index is 1220. The van der Waals surface area contributed by atoms with Gasteiger partial charge in [-0.1, -0.05) is 0 Å². The van der Waals surface area contributed by atoms with Crippen molar-refractivity contribution in [2.45, 2.75) is 24.0 Å². The van der Waals surface area contributed by atoms with Gasteiger partial charge in [0.05, 0.1) is 27.6 Å². The first-order valence-electron chi connectivity index (χ1n) is 9.55. The van der Waals surface area contributed by atoms with Gasteiger partial charge in [-0.15, -0.1) is 23.1 Å². The lowest BCUT2D eigenvalue weighted by molar-refractivity contribution is -0.115. The summed E-state index contributed by atoms with van der Waals surface area (Å²) in [5, 5.41) is 25.7. The van der Waals surface area contributed by atoms with Crippen LogP contribution >= 0.6 is 23.1 Å². The molecule has 0 fully saturated rings. The van der Waals surface area contributed by atoms with Crippen LogP contribution in [0, 0.1) is 6.92 Å². The Morgan fingerprint density at radius 2 is 1.67 bits per heavy atom. The number of carboxylic acids is 2. The van der Waals surface area contributed by atoms with Gasteiger partial charge in [-0.05, 0) is 56.3 Å². The van der Waals surface area contributed by atoms with E-state index in [1.807, 2.05) is 12.3 Å². The first-order chi connectivity index (χ1) is 15.6. The van der Waals surface area contributed by atoms with Crippen LogP contribution in [0.4, 0.5) is 10.8 Å². The van der Waals surface area contributed by atoms with Crippen molar-refractivity contribution in [2.24, 2.45) is 0 Å². The predicted molar refractivity (Wildman–Crippen MR) is 126 cm³/mol. The number of thiazole rings is 1. The van der Waals surface area contributed by atoms with Crippen LogP contribution in [0.5, 0.6) is 0 Å². The molecule has 0 bridgehead atoms. The number of carbonyl (C=O) groups is 4. The molecule has 9 nitrogen and oxygen atoms in total. The summed E-state index contributed by atoms with van der Waals surface area (Å²) in [6.45, 7) is 3.61. The van der Waals surface area contributed by atoms with Crippen molar-refractivity contribution >= 4 is 57.7 Å². The molecule has 11 heteroatoms. The van der Waals surface area contributed by atoms with Gasteiger partial charge in [-0.25, -0.2) is 14.6 Å². The van der Waals surface area contributed by atoms with E-state index < -0.39 is 23.4 Å². The third-order valence-corrected chi connectivity index (χ3v) is 6.37. The fraction of sp³-hybridized carbons (Fsp3) is 0.136. The summed E-state index contributed by atoms with van der Waals surface area (Å²) in [6.07, 6.45) is 0. The summed E-state index contributed by atoms with van der Waals surface area (Å²) in [6, 6.07) is 9.98. The number of amides is 2. The normalized spacial score (nSPS) is 11.5. The topological polar surface area (TPSA) is 146 Å². The molecule has 0 aliphatic carbocycles. The maximum Gasteiger partial charge on any atom is 0.336 e. The molecule has 0 aliphatic heterocycles. The zero-order valence-corrected chi connectivity index (χ0v) is 19.1. The molecule has 0 spiro atoms. The van der Waals surface area contributed by atoms with Gasteiger partial charge in [0, 0.05) is 16.0 Å². The van der Waals surface area contributed by atoms with Gasteiger partial charge in [0.1, 0.15) is 0 Å². The van der Waals surface area contributed by atoms with Gasteiger partial charge in [0.15, 0.2) is 5.13 Å². The number of thioether (sulfide) groups is 1. The molecule has 33 heavy (non-hydrogen) atoms. The maximum absolute atomic E-state index is 12.6. The zero-order valence-electron chi connectivity index (χ0n) is 17.5. The molecule has 0 radical (unpaired) electrons. The van der Waals surface area contributed by atoms with Gasteiger partial charge >= 0.3 is 11.9 Å². The monoisotopic (exact) mass is 485 g/mol. The van der Waals surface area contributed by atoms with Crippen molar-refractivity contribution in [3.63, 3.8) is 0 Å². The number of nitrogens with zero attached hydrogens (tertiary/aromatic N) is 1. The van der Waals surface area contributed by atoms with E-state index in [2.05, 4.69) is 15.6 Å². The van der Waals surface area contributed by atoms with E-state index in [4.69, 9.17) is 5.11 Å². The Morgan fingerprint density at radius 3 is 2.24 bits per heavy atom. The lowest BCUT2D eigenvalue weighted by Crippen LogP contribution is -2.22. The molecule has 1 unspecified atom stereocenters. The molecule has 0 saturated carbocycles. The van der Waals surface area contributed by atoms with Crippen molar-refractivity contribution in [3.05, 3.63) is 70.2 Å². The van der Waals surface area contributed by atoms with E-state index in [9.17, 15) is 24.3 Å². The van der Waals surface area contributed by atoms with Gasteiger partial charge in [-0.3, -0.25) is 9.59 Å². The molecular weight excluding hydrogens is 466 g/mol. The molecule has 2 amide bonds. The minimum atomic E-state index is -1.41. The molecule has 1 atom stereocenters. The van der Waals surface area contributed by atoms with Crippen LogP contribution in [0.1, 0.15) is 43.7 Å². The van der Waals surface area contributed by atoms with Crippen LogP contribution in [0.2, 0.25) is 0 Å². The van der Waals surface area contributed by atoms with Crippen molar-refractivity contribution in [1.82, 2.24) is 4.98 Å². The number of hydrogen-bond acceptors (Lipinski definition) is 7. The summed E-state index contributed by atoms with van der Waals surface area (Å²) in [7, 11) is 0. The molecule has 2 aromatic carbocycles. The van der Waals surface area contributed by atoms with Crippen LogP contribution < -0.4 is 10.6 Å². The minimum absolute atomic E-state index is 0.159. The van der Waals surface area contributed by atoms with Gasteiger partial charge in [0.2, 0.25) is 5.91 Å². The van der Waals surface area contributed by atoms with Crippen LogP contribution in [-0.2, 0) is 4.79 Å². The number of anilines is 2. The van der Waals surface area contributed by atoms with Crippen LogP contribution in [0.25, 0.3) is 0 Å². The fourth-order valence-corrected chi connectivity index (χ4v) is 4.30. The molecule has 0 aliphatic rings. The molecule has 3 aromatic rings. The summed E-state index contributed by atoms with van der Waals surface area (Å²) < 4.78 is 0. The molecular formula is C22H19N3O6S2. The van der Waals surface area contributed by atoms with Crippen LogP contribution in [-0.4, -0.2) is 44.2 Å². The van der Waals surface area contributed by atoms with Crippen molar-refractivity contribution in [1.29, 1.82) is 0 Å². The van der Waals surface area contributed by atoms with Gasteiger partial charge in [-0.2, -0.15) is 0 Å². The largest absolute Gasteiger partial charge is 0.478 e. The van der Waals surface area contributed by atoms with Crippen LogP contribution in [0.15, 0.2) is 52.7 Å². The SMILES string of the molecule is Cc1csc(NC(=O)C(C)Sc2ccc(NC(=O)c3ccc(C(=O)O)cc3C(=O)O)cc2)n1. The number of carboxylic acid groups (broad SMARTS) is 2. The van der Waals surface area contributed by atoms with E-state index in [0.29, 0.717) is 10.8 Å². The van der Waals surface area contributed by atoms with E-state index >= 15 is 0 Å². The lowest BCUT2D eigenvalue weighted by atomic mass is 10.0. The average Bonchev–Trinajstić information content (AvgIpc) is 3.18. The number of rotatable bonds is 8. The number of aromatic carboxylic acids is 2. The van der Waals surface area contributed by atoms with Gasteiger partial charge < -0.3 is 20.8 Å². The quantitative estimate of drug-likeness (QED) is 0.347. The highest BCUT2D eigenvalue weighted by atomic mass is 32.2. The first kappa shape index (κ1) is 24.0. The van der Waals surface area contributed by atoms with Crippen molar-refractivity contribution in [3.8, 4) is 0 Å². The number of aromatic nitrogens is 1. The number of carbonyl (C=O) groups excluding carboxylic acids is 2. The number of aryl methyl sites for hydroxylation is 1. The van der Waals surface area contributed by atoms with E-state index in [0.717, 1.165) is 22.7 Å². The molecule has 170 valence electrons. The summed E-state index contributed by atoms with van der Waals surface area (Å²) in [5.41, 5.74) is 0.455. The Hall–Kier alpha value is -3.70. The molecule has 1 aromatic heterocycles. The molecule has 4 N–H and O–H groups in total. The smallest absolute Gasteiger partial charge is 0.336 e. The second-order valence-corrected chi connectivity index (χ2v) is 9.16. The average molecular weight is 486 g/mol. The van der Waals surface area contributed by atoms with Crippen molar-refractivity contribution < 1.29 is 29.4 Å². The second kappa shape index (κ2) is 10.3. The number of nitrogens with one attached hydrogen (secondary N) is 2. The highest BCUT2D eigenvalue weighted by Crippen LogP contribution is 2.26. The second-order valence-electron chi connectivity index (χ2n) is 6.89. The summed E-state index contributed by atoms with van der Waals surface area (Å²) in [5.74, 6) is -3.56. The minimum Gasteiger partial charge on any atom is -0.478 e. The van der Waals surface area contributed by atoms with Crippen molar-refractivity contribution in [2.75, 3.05) is 10.6 Å². The summed E-state index contributed by atoms with van der Waals surface area (Å²) in [4.78, 5) is 52.4. The maximum atomic E-state index is 12.6. The Labute approximate surface area is 196 Å². The standard InChI is InChI=1S/C22H19N3O6S2/c1-11-10-32-22(23-11)25-18(26)12(2)33-15-6-4-14(5-7-15)24-19(27)16-8-3-13(20(28)29)9-17(16)21(30)31/h3-10,12H,1-2H3,(H,24,27)(H,28,29)(H,30,31)(H,23,25,26). The number of hydrogen-bond donors (Lipinski definition) is 4. The van der Waals surface area contributed by atoms with E-state index in [1.165, 1.54) is 29.2 Å². The Kier molecular flexibility index (Phi) is 7.46. The lowest BCUT2D eigenvalue weighted by Gasteiger charge is -2.12. The van der Waals surface area contributed by atoms with E-state index in [1.54, 1.807) is 31.2 Å². The Morgan fingerprint density at radius 1 is 0.970 bits per heavy atom. The molecule has 3 rings (SSSR count). The third-order valence-electron chi connectivity index (χ3n) is 4.38. The highest BCUT2D eigenvalue weighted by Gasteiger charge is 2.20. The first-order valence-corrected chi connectivity index (χ1v) is 11.3. The Balaban J connectivity index is 1.64. The number of benzene rings is 2. The third kappa shape index (κ3) is 6.18. The molecule has 1 heterocycles. The molecule has 0 saturated heterocycles. The predicted octanol–water partition coefficient (Wildman–Crippen LogP) is 4.22. The van der Waals surface area contributed by atoms with E-state index in [-0.39, 0.29) is 22.3 Å². The zero-order chi connectivity index (χ0) is 24.1. The summed E-state index contributed by atoms with van der Waals surface area (Å²) >= 11 is 2.69.